The van der Waals surface area contributed by atoms with Crippen molar-refractivity contribution < 1.29 is 14.3 Å². The van der Waals surface area contributed by atoms with Crippen LogP contribution in [0.15, 0.2) is 0 Å². The van der Waals surface area contributed by atoms with E-state index in [-0.39, 0.29) is 12.0 Å². The van der Waals surface area contributed by atoms with Crippen molar-refractivity contribution in [3.05, 3.63) is 10.6 Å². The molecule has 0 radical (unpaired) electrons. The Labute approximate surface area is 141 Å². The first kappa shape index (κ1) is 17.7. The molecule has 6 nitrogen and oxygen atoms in total. The Morgan fingerprint density at radius 1 is 1.39 bits per heavy atom. The van der Waals surface area contributed by atoms with Crippen LogP contribution in [0.1, 0.15) is 57.5 Å². The number of fused-ring (bicyclic) bond motifs is 1. The van der Waals surface area contributed by atoms with Gasteiger partial charge in [0.2, 0.25) is 5.91 Å². The Hall–Kier alpha value is -1.63. The standard InChI is InChI=1S/C16H25N3O3S/c1-5-6-7-13(20)18-14-17-11-8-9-19(10-12(11)23-14)15(21)22-16(2,3)4/h5-10H2,1-4H3,(H,17,18,20). The Kier molecular flexibility index (Phi) is 5.62. The van der Waals surface area contributed by atoms with Crippen LogP contribution in [0.4, 0.5) is 9.93 Å². The fraction of sp³-hybridized carbons (Fsp3) is 0.688. The molecule has 1 aliphatic rings. The second-order valence-electron chi connectivity index (χ2n) is 6.69. The molecule has 1 aromatic heterocycles. The number of carbonyl (C=O) groups is 2. The number of rotatable bonds is 4. The molecule has 1 aromatic rings. The van der Waals surface area contributed by atoms with Gasteiger partial charge >= 0.3 is 6.09 Å². The number of carbonyl (C=O) groups excluding carboxylic acids is 2. The van der Waals surface area contributed by atoms with Crippen LogP contribution in [0.25, 0.3) is 0 Å². The molecule has 0 spiro atoms. The van der Waals surface area contributed by atoms with Gasteiger partial charge in [-0.05, 0) is 27.2 Å². The number of unbranched alkanes of at least 4 members (excludes halogenated alkanes) is 1. The highest BCUT2D eigenvalue weighted by Crippen LogP contribution is 2.29. The molecular weight excluding hydrogens is 314 g/mol. The number of hydrogen-bond acceptors (Lipinski definition) is 5. The molecule has 0 saturated heterocycles. The van der Waals surface area contributed by atoms with Crippen molar-refractivity contribution in [1.82, 2.24) is 9.88 Å². The van der Waals surface area contributed by atoms with E-state index in [0.29, 0.717) is 31.1 Å². The zero-order valence-electron chi connectivity index (χ0n) is 14.3. The van der Waals surface area contributed by atoms with Gasteiger partial charge in [-0.3, -0.25) is 4.79 Å². The average Bonchev–Trinajstić information content (AvgIpc) is 2.84. The van der Waals surface area contributed by atoms with Gasteiger partial charge in [0.05, 0.1) is 12.2 Å². The van der Waals surface area contributed by atoms with Gasteiger partial charge in [0.15, 0.2) is 5.13 Å². The maximum atomic E-state index is 12.1. The van der Waals surface area contributed by atoms with Crippen molar-refractivity contribution in [3.63, 3.8) is 0 Å². The second-order valence-corrected chi connectivity index (χ2v) is 7.78. The number of nitrogens with zero attached hydrogens (tertiary/aromatic N) is 2. The number of ether oxygens (including phenoxy) is 1. The summed E-state index contributed by atoms with van der Waals surface area (Å²) in [5.41, 5.74) is 0.476. The number of thiazole rings is 1. The van der Waals surface area contributed by atoms with E-state index in [9.17, 15) is 9.59 Å². The van der Waals surface area contributed by atoms with E-state index in [2.05, 4.69) is 17.2 Å². The SMILES string of the molecule is CCCCC(=O)Nc1nc2c(s1)CN(C(=O)OC(C)(C)C)CC2. The number of amides is 2. The average molecular weight is 339 g/mol. The van der Waals surface area contributed by atoms with E-state index in [1.54, 1.807) is 4.90 Å². The Bertz CT molecular complexity index is 578. The molecule has 2 amide bonds. The summed E-state index contributed by atoms with van der Waals surface area (Å²) in [7, 11) is 0. The lowest BCUT2D eigenvalue weighted by Crippen LogP contribution is -2.39. The fourth-order valence-corrected chi connectivity index (χ4v) is 3.29. The molecule has 0 fully saturated rings. The van der Waals surface area contributed by atoms with Crippen molar-refractivity contribution >= 4 is 28.5 Å². The van der Waals surface area contributed by atoms with E-state index in [1.165, 1.54) is 11.3 Å². The van der Waals surface area contributed by atoms with Crippen molar-refractivity contribution in [3.8, 4) is 0 Å². The molecule has 1 aliphatic heterocycles. The zero-order chi connectivity index (χ0) is 17.0. The highest BCUT2D eigenvalue weighted by atomic mass is 32.1. The van der Waals surface area contributed by atoms with Gasteiger partial charge in [-0.25, -0.2) is 9.78 Å². The zero-order valence-corrected chi connectivity index (χ0v) is 15.1. The molecule has 7 heteroatoms. The predicted octanol–water partition coefficient (Wildman–Crippen LogP) is 3.57. The van der Waals surface area contributed by atoms with Crippen LogP contribution in [0.2, 0.25) is 0 Å². The van der Waals surface area contributed by atoms with Crippen LogP contribution >= 0.6 is 11.3 Å². The minimum Gasteiger partial charge on any atom is -0.444 e. The smallest absolute Gasteiger partial charge is 0.410 e. The molecule has 1 N–H and O–H groups in total. The molecule has 2 rings (SSSR count). The van der Waals surface area contributed by atoms with E-state index < -0.39 is 5.60 Å². The van der Waals surface area contributed by atoms with Crippen LogP contribution in [-0.4, -0.2) is 34.0 Å². The molecule has 0 saturated carbocycles. The molecule has 0 atom stereocenters. The van der Waals surface area contributed by atoms with Gasteiger partial charge in [0.25, 0.3) is 0 Å². The first-order chi connectivity index (χ1) is 10.8. The lowest BCUT2D eigenvalue weighted by atomic mass is 10.2. The predicted molar refractivity (Wildman–Crippen MR) is 90.6 cm³/mol. The number of anilines is 1. The summed E-state index contributed by atoms with van der Waals surface area (Å²) in [6, 6.07) is 0. The van der Waals surface area contributed by atoms with E-state index >= 15 is 0 Å². The summed E-state index contributed by atoms with van der Waals surface area (Å²) in [5, 5.41) is 3.48. The quantitative estimate of drug-likeness (QED) is 0.910. The first-order valence-corrected chi connectivity index (χ1v) is 8.86. The van der Waals surface area contributed by atoms with Crippen molar-refractivity contribution in [2.24, 2.45) is 0 Å². The summed E-state index contributed by atoms with van der Waals surface area (Å²) >= 11 is 1.44. The van der Waals surface area contributed by atoms with E-state index in [1.807, 2.05) is 20.8 Å². The first-order valence-electron chi connectivity index (χ1n) is 8.05. The van der Waals surface area contributed by atoms with Crippen LogP contribution in [0, 0.1) is 0 Å². The summed E-state index contributed by atoms with van der Waals surface area (Å²) in [6.07, 6.45) is 2.78. The molecule has 0 unspecified atom stereocenters. The van der Waals surface area contributed by atoms with Gasteiger partial charge in [-0.2, -0.15) is 0 Å². The van der Waals surface area contributed by atoms with Crippen molar-refractivity contribution in [2.45, 2.75) is 65.5 Å². The molecular formula is C16H25N3O3S. The highest BCUT2D eigenvalue weighted by molar-refractivity contribution is 7.15. The number of aromatic nitrogens is 1. The highest BCUT2D eigenvalue weighted by Gasteiger charge is 2.28. The lowest BCUT2D eigenvalue weighted by Gasteiger charge is -2.29. The fourth-order valence-electron chi connectivity index (χ4n) is 2.25. The Morgan fingerprint density at radius 2 is 2.13 bits per heavy atom. The van der Waals surface area contributed by atoms with Gasteiger partial charge in [0.1, 0.15) is 5.60 Å². The molecule has 0 aliphatic carbocycles. The summed E-state index contributed by atoms with van der Waals surface area (Å²) in [6.45, 7) is 8.72. The normalized spacial score (nSPS) is 14.3. The second kappa shape index (κ2) is 7.29. The Morgan fingerprint density at radius 3 is 2.78 bits per heavy atom. The third kappa shape index (κ3) is 5.20. The number of nitrogens with one attached hydrogen (secondary N) is 1. The van der Waals surface area contributed by atoms with Crippen LogP contribution in [-0.2, 0) is 22.5 Å². The van der Waals surface area contributed by atoms with Crippen molar-refractivity contribution in [1.29, 1.82) is 0 Å². The largest absolute Gasteiger partial charge is 0.444 e. The molecule has 2 heterocycles. The minimum atomic E-state index is -0.497. The third-order valence-electron chi connectivity index (χ3n) is 3.39. The van der Waals surface area contributed by atoms with Crippen molar-refractivity contribution in [2.75, 3.05) is 11.9 Å². The van der Waals surface area contributed by atoms with E-state index in [4.69, 9.17) is 4.74 Å². The monoisotopic (exact) mass is 339 g/mol. The Balaban J connectivity index is 1.96. The summed E-state index contributed by atoms with van der Waals surface area (Å²) in [5.74, 6) is 0.00180. The van der Waals surface area contributed by atoms with Crippen LogP contribution in [0.5, 0.6) is 0 Å². The van der Waals surface area contributed by atoms with E-state index in [0.717, 1.165) is 23.4 Å². The minimum absolute atomic E-state index is 0.00180. The summed E-state index contributed by atoms with van der Waals surface area (Å²) < 4.78 is 5.41. The number of hydrogen-bond donors (Lipinski definition) is 1. The topological polar surface area (TPSA) is 71.5 Å². The molecule has 128 valence electrons. The maximum absolute atomic E-state index is 12.1. The van der Waals surface area contributed by atoms with Gasteiger partial charge in [-0.1, -0.05) is 24.7 Å². The third-order valence-corrected chi connectivity index (χ3v) is 4.38. The molecule has 0 aromatic carbocycles. The van der Waals surface area contributed by atoms with Gasteiger partial charge in [0, 0.05) is 24.3 Å². The lowest BCUT2D eigenvalue weighted by molar-refractivity contribution is -0.116. The summed E-state index contributed by atoms with van der Waals surface area (Å²) in [4.78, 5) is 31.1. The molecule has 23 heavy (non-hydrogen) atoms. The van der Waals surface area contributed by atoms with Gasteiger partial charge in [-0.15, -0.1) is 0 Å². The maximum Gasteiger partial charge on any atom is 0.410 e. The van der Waals surface area contributed by atoms with Crippen LogP contribution < -0.4 is 5.32 Å². The van der Waals surface area contributed by atoms with Crippen LogP contribution in [0.3, 0.4) is 0 Å². The molecule has 0 bridgehead atoms. The van der Waals surface area contributed by atoms with Gasteiger partial charge < -0.3 is 15.0 Å².